The van der Waals surface area contributed by atoms with Gasteiger partial charge in [-0.25, -0.2) is 0 Å². The molecule has 0 heterocycles. The number of phenolic OH excluding ortho intramolecular Hbond substituents is 1. The molecule has 0 spiro atoms. The van der Waals surface area contributed by atoms with E-state index in [9.17, 15) is 19.5 Å². The second-order valence-corrected chi connectivity index (χ2v) is 15.0. The zero-order valence-corrected chi connectivity index (χ0v) is 29.1. The SMILES string of the molecule is C=C1C(CCc2ccc(C)cc2O)CC(=O)C(CCCC2CCCCC2)C1CC(=O)C(CCC1=CC=C(C)CC1)CC(=O)CCC. The first-order valence-electron chi connectivity index (χ1n) is 18.5. The normalized spacial score (nSPS) is 23.2. The Balaban J connectivity index is 1.49. The number of rotatable bonds is 17. The fraction of sp³-hybridized carbons (Fsp3) is 0.643. The number of ketones is 3. The molecule has 1 N–H and O–H groups in total. The van der Waals surface area contributed by atoms with Crippen LogP contribution in [0.5, 0.6) is 5.75 Å². The van der Waals surface area contributed by atoms with Gasteiger partial charge in [-0.2, -0.15) is 0 Å². The van der Waals surface area contributed by atoms with Crippen molar-refractivity contribution in [3.8, 4) is 5.75 Å². The van der Waals surface area contributed by atoms with Crippen LogP contribution < -0.4 is 0 Å². The molecule has 1 aromatic carbocycles. The lowest BCUT2D eigenvalue weighted by Crippen LogP contribution is -2.37. The molecule has 3 aliphatic carbocycles. The number of allylic oxidation sites excluding steroid dienone is 5. The quantitative estimate of drug-likeness (QED) is 0.174. The molecular weight excluding hydrogens is 568 g/mol. The molecule has 1 aromatic rings. The van der Waals surface area contributed by atoms with E-state index >= 15 is 0 Å². The molecule has 0 radical (unpaired) electrons. The van der Waals surface area contributed by atoms with Crippen molar-refractivity contribution >= 4 is 17.3 Å². The van der Waals surface area contributed by atoms with E-state index in [0.29, 0.717) is 44.3 Å². The third-order valence-corrected chi connectivity index (χ3v) is 11.3. The maximum absolute atomic E-state index is 14.2. The molecule has 46 heavy (non-hydrogen) atoms. The van der Waals surface area contributed by atoms with Crippen LogP contribution in [0.25, 0.3) is 0 Å². The monoisotopic (exact) mass is 628 g/mol. The Morgan fingerprint density at radius 2 is 1.76 bits per heavy atom. The van der Waals surface area contributed by atoms with Gasteiger partial charge in [-0.3, -0.25) is 14.4 Å². The maximum Gasteiger partial charge on any atom is 0.137 e. The predicted octanol–water partition coefficient (Wildman–Crippen LogP) is 10.5. The number of benzene rings is 1. The summed E-state index contributed by atoms with van der Waals surface area (Å²) in [6.07, 6.45) is 21.5. The number of aromatic hydroxyl groups is 1. The summed E-state index contributed by atoms with van der Waals surface area (Å²) in [5.74, 6) is 1.04. The van der Waals surface area contributed by atoms with E-state index in [4.69, 9.17) is 0 Å². The van der Waals surface area contributed by atoms with Crippen molar-refractivity contribution in [2.24, 2.45) is 29.6 Å². The molecule has 4 nitrogen and oxygen atoms in total. The number of hydrogen-bond acceptors (Lipinski definition) is 4. The van der Waals surface area contributed by atoms with Crippen LogP contribution in [0.3, 0.4) is 0 Å². The highest BCUT2D eigenvalue weighted by Gasteiger charge is 2.41. The Kier molecular flexibility index (Phi) is 14.1. The van der Waals surface area contributed by atoms with Gasteiger partial charge in [0.1, 0.15) is 23.1 Å². The highest BCUT2D eigenvalue weighted by molar-refractivity contribution is 5.90. The standard InChI is InChI=1S/C42H60O4/c1-5-10-37(43)26-36(22-20-33-18-15-29(2)16-19-33)41(45)28-39-31(4)35(24-23-34-21-17-30(3)25-40(34)44)27-42(46)38(39)14-9-13-32-11-7-6-8-12-32/h15,17-18,21,25,32,35-36,38-39,44H,4-14,16,19-20,22-24,26-28H2,1-3H3. The summed E-state index contributed by atoms with van der Waals surface area (Å²) in [7, 11) is 0. The van der Waals surface area contributed by atoms with Gasteiger partial charge < -0.3 is 5.11 Å². The van der Waals surface area contributed by atoms with Crippen molar-refractivity contribution in [3.05, 3.63) is 64.8 Å². The first kappa shape index (κ1) is 36.1. The second-order valence-electron chi connectivity index (χ2n) is 15.0. The van der Waals surface area contributed by atoms with E-state index in [1.165, 1.54) is 49.7 Å². The van der Waals surface area contributed by atoms with E-state index in [0.717, 1.165) is 67.6 Å². The minimum absolute atomic E-state index is 0.00296. The molecule has 0 aliphatic heterocycles. The lowest BCUT2D eigenvalue weighted by Gasteiger charge is -2.38. The lowest BCUT2D eigenvalue weighted by atomic mass is 9.65. The summed E-state index contributed by atoms with van der Waals surface area (Å²) in [6.45, 7) is 10.7. The molecule has 0 aromatic heterocycles. The smallest absolute Gasteiger partial charge is 0.137 e. The number of carbonyl (C=O) groups is 3. The van der Waals surface area contributed by atoms with Crippen LogP contribution in [0.1, 0.15) is 141 Å². The number of aryl methyl sites for hydroxylation is 2. The van der Waals surface area contributed by atoms with E-state index in [-0.39, 0.29) is 41.0 Å². The fourth-order valence-electron chi connectivity index (χ4n) is 8.32. The maximum atomic E-state index is 14.2. The van der Waals surface area contributed by atoms with Crippen molar-refractivity contribution in [1.29, 1.82) is 0 Å². The molecule has 3 aliphatic rings. The molecule has 4 unspecified atom stereocenters. The summed E-state index contributed by atoms with van der Waals surface area (Å²) < 4.78 is 0. The van der Waals surface area contributed by atoms with Crippen molar-refractivity contribution < 1.29 is 19.5 Å². The van der Waals surface area contributed by atoms with E-state index in [1.54, 1.807) is 6.07 Å². The van der Waals surface area contributed by atoms with E-state index in [2.05, 4.69) is 25.7 Å². The first-order valence-corrected chi connectivity index (χ1v) is 18.5. The molecule has 2 saturated carbocycles. The van der Waals surface area contributed by atoms with Gasteiger partial charge in [0.15, 0.2) is 0 Å². The highest BCUT2D eigenvalue weighted by Crippen LogP contribution is 2.43. The zero-order chi connectivity index (χ0) is 33.1. The Hall–Kier alpha value is -2.75. The van der Waals surface area contributed by atoms with Gasteiger partial charge in [0, 0.05) is 37.5 Å². The molecule has 2 fully saturated rings. The van der Waals surface area contributed by atoms with Crippen molar-refractivity contribution in [3.63, 3.8) is 0 Å². The average molecular weight is 629 g/mol. The third kappa shape index (κ3) is 10.6. The average Bonchev–Trinajstić information content (AvgIpc) is 3.03. The summed E-state index contributed by atoms with van der Waals surface area (Å²) in [4.78, 5) is 40.9. The van der Waals surface area contributed by atoms with Crippen LogP contribution in [-0.4, -0.2) is 22.5 Å². The predicted molar refractivity (Wildman–Crippen MR) is 189 cm³/mol. The Morgan fingerprint density at radius 3 is 2.46 bits per heavy atom. The fourth-order valence-corrected chi connectivity index (χ4v) is 8.32. The molecule has 0 amide bonds. The van der Waals surface area contributed by atoms with Crippen LogP contribution in [-0.2, 0) is 20.8 Å². The van der Waals surface area contributed by atoms with Gasteiger partial charge in [-0.15, -0.1) is 0 Å². The van der Waals surface area contributed by atoms with Crippen molar-refractivity contribution in [2.75, 3.05) is 0 Å². The van der Waals surface area contributed by atoms with Gasteiger partial charge in [0.05, 0.1) is 0 Å². The van der Waals surface area contributed by atoms with Crippen LogP contribution in [0, 0.1) is 36.5 Å². The van der Waals surface area contributed by atoms with Gasteiger partial charge in [-0.1, -0.05) is 99.5 Å². The lowest BCUT2D eigenvalue weighted by molar-refractivity contribution is -0.131. The molecule has 4 rings (SSSR count). The van der Waals surface area contributed by atoms with Gasteiger partial charge in [-0.05, 0) is 100 Å². The van der Waals surface area contributed by atoms with Crippen LogP contribution in [0.15, 0.2) is 53.6 Å². The molecule has 252 valence electrons. The Bertz CT molecular complexity index is 1280. The second kappa shape index (κ2) is 18.0. The summed E-state index contributed by atoms with van der Waals surface area (Å²) in [5, 5.41) is 10.5. The van der Waals surface area contributed by atoms with Crippen molar-refractivity contribution in [2.45, 2.75) is 143 Å². The number of hydrogen-bond donors (Lipinski definition) is 1. The largest absolute Gasteiger partial charge is 0.508 e. The Morgan fingerprint density at radius 1 is 0.978 bits per heavy atom. The molecule has 4 atom stereocenters. The third-order valence-electron chi connectivity index (χ3n) is 11.3. The van der Waals surface area contributed by atoms with Crippen molar-refractivity contribution in [1.82, 2.24) is 0 Å². The molecule has 0 saturated heterocycles. The minimum Gasteiger partial charge on any atom is -0.508 e. The number of carbonyl (C=O) groups excluding carboxylic acids is 3. The minimum atomic E-state index is -0.303. The Labute approximate surface area is 279 Å². The topological polar surface area (TPSA) is 71.4 Å². The summed E-state index contributed by atoms with van der Waals surface area (Å²) >= 11 is 0. The number of Topliss-reactive ketones (excluding diaryl/α,β-unsaturated/α-hetero) is 3. The van der Waals surface area contributed by atoms with Gasteiger partial charge >= 0.3 is 0 Å². The molecule has 4 heteroatoms. The molecular formula is C42H60O4. The van der Waals surface area contributed by atoms with E-state index < -0.39 is 0 Å². The van der Waals surface area contributed by atoms with E-state index in [1.807, 2.05) is 26.0 Å². The summed E-state index contributed by atoms with van der Waals surface area (Å²) in [5.41, 5.74) is 5.70. The van der Waals surface area contributed by atoms with Crippen LogP contribution in [0.2, 0.25) is 0 Å². The van der Waals surface area contributed by atoms with Crippen LogP contribution >= 0.6 is 0 Å². The first-order chi connectivity index (χ1) is 22.1. The highest BCUT2D eigenvalue weighted by atomic mass is 16.3. The van der Waals surface area contributed by atoms with Crippen LogP contribution in [0.4, 0.5) is 0 Å². The summed E-state index contributed by atoms with van der Waals surface area (Å²) in [6, 6.07) is 5.78. The number of phenols is 1. The molecule has 0 bridgehead atoms. The van der Waals surface area contributed by atoms with Gasteiger partial charge in [0.25, 0.3) is 0 Å². The zero-order valence-electron chi connectivity index (χ0n) is 29.1. The van der Waals surface area contributed by atoms with Gasteiger partial charge in [0.2, 0.25) is 0 Å².